The lowest BCUT2D eigenvalue weighted by molar-refractivity contribution is -0.122. The molecule has 0 saturated heterocycles. The zero-order chi connectivity index (χ0) is 22.1. The molecule has 0 fully saturated rings. The molecule has 164 valence electrons. The number of para-hydroxylation sites is 1. The highest BCUT2D eigenvalue weighted by Gasteiger charge is 2.25. The van der Waals surface area contributed by atoms with Crippen LogP contribution in [0.3, 0.4) is 0 Å². The molecule has 0 bridgehead atoms. The number of aryl methyl sites for hydroxylation is 2. The second-order valence-electron chi connectivity index (χ2n) is 8.32. The monoisotopic (exact) mass is 430 g/mol. The largest absolute Gasteiger partial charge is 0.497 e. The summed E-state index contributed by atoms with van der Waals surface area (Å²) in [4.78, 5) is 35.7. The molecular formula is C25H26N4O3. The number of aromatic amines is 2. The quantitative estimate of drug-likeness (QED) is 0.431. The van der Waals surface area contributed by atoms with Crippen molar-refractivity contribution >= 4 is 27.7 Å². The van der Waals surface area contributed by atoms with Crippen LogP contribution >= 0.6 is 0 Å². The molecule has 5 rings (SSSR count). The number of amides is 1. The molecule has 0 unspecified atom stereocenters. The first-order chi connectivity index (χ1) is 15.6. The van der Waals surface area contributed by atoms with E-state index in [9.17, 15) is 9.59 Å². The van der Waals surface area contributed by atoms with E-state index in [1.54, 1.807) is 13.2 Å². The Morgan fingerprint density at radius 2 is 2.06 bits per heavy atom. The van der Waals surface area contributed by atoms with Crippen molar-refractivity contribution in [1.29, 1.82) is 0 Å². The Hall–Kier alpha value is -3.61. The van der Waals surface area contributed by atoms with Gasteiger partial charge in [0.2, 0.25) is 5.91 Å². The molecule has 0 spiro atoms. The molecule has 1 amide bonds. The van der Waals surface area contributed by atoms with E-state index in [2.05, 4.69) is 26.3 Å². The van der Waals surface area contributed by atoms with Gasteiger partial charge in [-0.2, -0.15) is 0 Å². The fourth-order valence-corrected chi connectivity index (χ4v) is 4.65. The summed E-state index contributed by atoms with van der Waals surface area (Å²) in [6.07, 6.45) is 4.51. The fourth-order valence-electron chi connectivity index (χ4n) is 4.65. The number of fused-ring (bicyclic) bond motifs is 4. The van der Waals surface area contributed by atoms with E-state index in [-0.39, 0.29) is 17.5 Å². The van der Waals surface area contributed by atoms with E-state index >= 15 is 0 Å². The molecule has 32 heavy (non-hydrogen) atoms. The van der Waals surface area contributed by atoms with Crippen LogP contribution in [0.4, 0.5) is 0 Å². The molecule has 1 aliphatic carbocycles. The second kappa shape index (κ2) is 8.49. The molecule has 3 N–H and O–H groups in total. The summed E-state index contributed by atoms with van der Waals surface area (Å²) in [5, 5.41) is 4.95. The summed E-state index contributed by atoms with van der Waals surface area (Å²) in [5.74, 6) is 1.47. The highest BCUT2D eigenvalue weighted by atomic mass is 16.5. The van der Waals surface area contributed by atoms with E-state index in [0.717, 1.165) is 36.2 Å². The van der Waals surface area contributed by atoms with Crippen molar-refractivity contribution in [3.63, 3.8) is 0 Å². The van der Waals surface area contributed by atoms with Gasteiger partial charge in [0.1, 0.15) is 11.6 Å². The molecule has 2 heterocycles. The van der Waals surface area contributed by atoms with Gasteiger partial charge < -0.3 is 20.0 Å². The van der Waals surface area contributed by atoms with Crippen LogP contribution < -0.4 is 15.6 Å². The van der Waals surface area contributed by atoms with Crippen molar-refractivity contribution < 1.29 is 9.53 Å². The van der Waals surface area contributed by atoms with Crippen molar-refractivity contribution in [2.45, 2.75) is 44.6 Å². The van der Waals surface area contributed by atoms with E-state index < -0.39 is 0 Å². The van der Waals surface area contributed by atoms with Gasteiger partial charge in [0.25, 0.3) is 5.56 Å². The number of nitrogens with one attached hydrogen (secondary N) is 3. The minimum Gasteiger partial charge on any atom is -0.497 e. The SMILES string of the molecule is COc1ccc2[nH]c3c(c2c1)CCC[C@@H]3NC(=O)CCCc1nc2ccccc2c(=O)[nH]1. The Balaban J connectivity index is 1.24. The standard InChI is InChI=1S/C25H26N4O3/c1-32-15-12-13-20-18(14-15)16-7-4-9-21(24(16)28-20)27-23(30)11-5-10-22-26-19-8-3-2-6-17(19)25(31)29-22/h2-3,6,8,12-14,21,28H,4-5,7,9-11H2,1H3,(H,27,30)(H,26,29,31)/t21-/m0/s1. The molecular weight excluding hydrogens is 404 g/mol. The summed E-state index contributed by atoms with van der Waals surface area (Å²) in [7, 11) is 1.67. The maximum absolute atomic E-state index is 12.7. The molecule has 1 aliphatic rings. The van der Waals surface area contributed by atoms with Crippen LogP contribution in [-0.4, -0.2) is 28.0 Å². The lowest BCUT2D eigenvalue weighted by Gasteiger charge is -2.24. The number of nitrogens with zero attached hydrogens (tertiary/aromatic N) is 1. The number of carbonyl (C=O) groups excluding carboxylic acids is 1. The Morgan fingerprint density at radius 3 is 2.94 bits per heavy atom. The predicted octanol–water partition coefficient (Wildman–Crippen LogP) is 3.93. The van der Waals surface area contributed by atoms with Gasteiger partial charge in [-0.05, 0) is 61.6 Å². The van der Waals surface area contributed by atoms with Crippen LogP contribution in [0.2, 0.25) is 0 Å². The smallest absolute Gasteiger partial charge is 0.258 e. The van der Waals surface area contributed by atoms with Gasteiger partial charge in [0, 0.05) is 29.4 Å². The van der Waals surface area contributed by atoms with E-state index in [1.165, 1.54) is 10.9 Å². The first kappa shape index (κ1) is 20.3. The van der Waals surface area contributed by atoms with Crippen molar-refractivity contribution in [1.82, 2.24) is 20.3 Å². The van der Waals surface area contributed by atoms with Crippen LogP contribution in [0.15, 0.2) is 47.3 Å². The summed E-state index contributed by atoms with van der Waals surface area (Å²) in [6, 6.07) is 13.3. The molecule has 0 aliphatic heterocycles. The lowest BCUT2D eigenvalue weighted by atomic mass is 9.91. The third-order valence-electron chi connectivity index (χ3n) is 6.23. The Morgan fingerprint density at radius 1 is 1.19 bits per heavy atom. The molecule has 1 atom stereocenters. The van der Waals surface area contributed by atoms with Crippen LogP contribution in [-0.2, 0) is 17.6 Å². The average molecular weight is 431 g/mol. The number of benzene rings is 2. The van der Waals surface area contributed by atoms with E-state index in [0.29, 0.717) is 36.0 Å². The van der Waals surface area contributed by atoms with Crippen molar-refractivity contribution in [3.8, 4) is 5.75 Å². The average Bonchev–Trinajstić information content (AvgIpc) is 3.18. The number of aromatic nitrogens is 3. The molecule has 2 aromatic carbocycles. The van der Waals surface area contributed by atoms with Crippen LogP contribution in [0.25, 0.3) is 21.8 Å². The lowest BCUT2D eigenvalue weighted by Crippen LogP contribution is -2.31. The Kier molecular flexibility index (Phi) is 5.39. The topological polar surface area (TPSA) is 99.9 Å². The number of carbonyl (C=O) groups is 1. The fraction of sp³-hybridized carbons (Fsp3) is 0.320. The maximum Gasteiger partial charge on any atom is 0.258 e. The number of hydrogen-bond donors (Lipinski definition) is 3. The molecule has 7 heteroatoms. The minimum atomic E-state index is -0.139. The first-order valence-corrected chi connectivity index (χ1v) is 11.1. The summed E-state index contributed by atoms with van der Waals surface area (Å²) < 4.78 is 5.38. The molecule has 4 aromatic rings. The van der Waals surface area contributed by atoms with E-state index in [4.69, 9.17) is 4.74 Å². The number of rotatable bonds is 6. The van der Waals surface area contributed by atoms with E-state index in [1.807, 2.05) is 30.3 Å². The molecule has 2 aromatic heterocycles. The van der Waals surface area contributed by atoms with Gasteiger partial charge in [0.05, 0.1) is 24.1 Å². The van der Waals surface area contributed by atoms with Crippen molar-refractivity contribution in [3.05, 3.63) is 69.9 Å². The Labute approximate surface area is 185 Å². The van der Waals surface area contributed by atoms with Crippen molar-refractivity contribution in [2.75, 3.05) is 7.11 Å². The Bertz CT molecular complexity index is 1350. The van der Waals surface area contributed by atoms with Crippen LogP contribution in [0.1, 0.15) is 48.8 Å². The van der Waals surface area contributed by atoms with Gasteiger partial charge in [0.15, 0.2) is 0 Å². The molecule has 0 radical (unpaired) electrons. The van der Waals surface area contributed by atoms with Crippen molar-refractivity contribution in [2.24, 2.45) is 0 Å². The van der Waals surface area contributed by atoms with Crippen LogP contribution in [0, 0.1) is 0 Å². The zero-order valence-corrected chi connectivity index (χ0v) is 18.0. The molecule has 0 saturated carbocycles. The first-order valence-electron chi connectivity index (χ1n) is 11.1. The van der Waals surface area contributed by atoms with Gasteiger partial charge in [-0.25, -0.2) is 4.98 Å². The zero-order valence-electron chi connectivity index (χ0n) is 18.0. The predicted molar refractivity (Wildman–Crippen MR) is 124 cm³/mol. The number of methoxy groups -OCH3 is 1. The van der Waals surface area contributed by atoms with Gasteiger partial charge >= 0.3 is 0 Å². The van der Waals surface area contributed by atoms with Gasteiger partial charge in [-0.1, -0.05) is 12.1 Å². The normalized spacial score (nSPS) is 15.6. The highest BCUT2D eigenvalue weighted by Crippen LogP contribution is 2.36. The maximum atomic E-state index is 12.7. The third-order valence-corrected chi connectivity index (χ3v) is 6.23. The second-order valence-corrected chi connectivity index (χ2v) is 8.32. The number of H-pyrrole nitrogens is 2. The highest BCUT2D eigenvalue weighted by molar-refractivity contribution is 5.87. The molecule has 7 nitrogen and oxygen atoms in total. The summed E-state index contributed by atoms with van der Waals surface area (Å²) in [6.45, 7) is 0. The minimum absolute atomic E-state index is 0.0109. The summed E-state index contributed by atoms with van der Waals surface area (Å²) in [5.41, 5.74) is 3.99. The number of hydrogen-bond acceptors (Lipinski definition) is 4. The van der Waals surface area contributed by atoms with Gasteiger partial charge in [-0.3, -0.25) is 9.59 Å². The summed E-state index contributed by atoms with van der Waals surface area (Å²) >= 11 is 0. The number of ether oxygens (including phenoxy) is 1. The van der Waals surface area contributed by atoms with Gasteiger partial charge in [-0.15, -0.1) is 0 Å². The third kappa shape index (κ3) is 3.86. The van der Waals surface area contributed by atoms with Crippen LogP contribution in [0.5, 0.6) is 5.75 Å².